The van der Waals surface area contributed by atoms with Crippen molar-refractivity contribution >= 4 is 17.9 Å². The van der Waals surface area contributed by atoms with Crippen molar-refractivity contribution in [1.29, 1.82) is 0 Å². The van der Waals surface area contributed by atoms with Crippen molar-refractivity contribution in [3.05, 3.63) is 122 Å². The van der Waals surface area contributed by atoms with E-state index in [1.54, 1.807) is 0 Å². The highest BCUT2D eigenvalue weighted by atomic mass is 16.6. The maximum absolute atomic E-state index is 12.9. The van der Waals surface area contributed by atoms with Crippen molar-refractivity contribution in [2.45, 2.75) is 290 Å². The van der Waals surface area contributed by atoms with Gasteiger partial charge in [-0.25, -0.2) is 0 Å². The Hall–Kier alpha value is -4.19. The Morgan fingerprint density at radius 1 is 0.276 bits per heavy atom. The molecular weight excluding hydrogens is 937 g/mol. The zero-order valence-electron chi connectivity index (χ0n) is 49.5. The highest BCUT2D eigenvalue weighted by Crippen LogP contribution is 2.15. The SMILES string of the molecule is CC/C=C\C/C=C\C/C=C\C/C=C\C/C=C\C/C=C\C/C=C\CCCCCCCC(=O)OCC(COC(=O)CCCCCCCCCCCCCC)OC(=O)CCCCCCCC/C=C\C/C=C\C/C=C\CCCCC. The van der Waals surface area contributed by atoms with Gasteiger partial charge in [-0.05, 0) is 116 Å². The largest absolute Gasteiger partial charge is 0.462 e. The van der Waals surface area contributed by atoms with E-state index in [2.05, 4.69) is 142 Å². The van der Waals surface area contributed by atoms with Gasteiger partial charge in [0.1, 0.15) is 13.2 Å². The number of rotatable bonds is 56. The van der Waals surface area contributed by atoms with Crippen molar-refractivity contribution in [2.75, 3.05) is 13.2 Å². The lowest BCUT2D eigenvalue weighted by atomic mass is 10.0. The maximum atomic E-state index is 12.9. The van der Waals surface area contributed by atoms with Crippen LogP contribution in [0.1, 0.15) is 284 Å². The van der Waals surface area contributed by atoms with Crippen molar-refractivity contribution in [3.63, 3.8) is 0 Å². The summed E-state index contributed by atoms with van der Waals surface area (Å²) in [6.07, 6.45) is 87.6. The molecule has 0 aromatic rings. The number of allylic oxidation sites excluding steroid dienone is 20. The number of carbonyl (C=O) groups is 3. The summed E-state index contributed by atoms with van der Waals surface area (Å²) < 4.78 is 16.9. The zero-order valence-corrected chi connectivity index (χ0v) is 49.5. The van der Waals surface area contributed by atoms with E-state index in [1.807, 2.05) is 0 Å². The Bertz CT molecular complexity index is 1590. The van der Waals surface area contributed by atoms with Gasteiger partial charge in [-0.15, -0.1) is 0 Å². The molecule has 1 atom stereocenters. The minimum Gasteiger partial charge on any atom is -0.462 e. The molecule has 0 aliphatic rings. The molecule has 0 radical (unpaired) electrons. The number of esters is 3. The van der Waals surface area contributed by atoms with Crippen molar-refractivity contribution < 1.29 is 28.6 Å². The predicted molar refractivity (Wildman–Crippen MR) is 330 cm³/mol. The van der Waals surface area contributed by atoms with Gasteiger partial charge in [0.2, 0.25) is 0 Å². The third-order valence-corrected chi connectivity index (χ3v) is 13.2. The molecule has 0 fully saturated rings. The predicted octanol–water partition coefficient (Wildman–Crippen LogP) is 21.6. The molecule has 6 heteroatoms. The first kappa shape index (κ1) is 71.8. The van der Waals surface area contributed by atoms with Crippen LogP contribution < -0.4 is 0 Å². The van der Waals surface area contributed by atoms with Gasteiger partial charge in [0.15, 0.2) is 6.10 Å². The van der Waals surface area contributed by atoms with E-state index in [9.17, 15) is 14.4 Å². The fraction of sp³-hybridized carbons (Fsp3) is 0.671. The summed E-state index contributed by atoms with van der Waals surface area (Å²) in [5.74, 6) is -0.919. The molecule has 0 spiro atoms. The van der Waals surface area contributed by atoms with Gasteiger partial charge in [-0.3, -0.25) is 14.4 Å². The molecule has 0 rings (SSSR count). The van der Waals surface area contributed by atoms with Crippen LogP contribution in [-0.2, 0) is 28.6 Å². The summed E-state index contributed by atoms with van der Waals surface area (Å²) in [6, 6.07) is 0. The van der Waals surface area contributed by atoms with Crippen LogP contribution in [-0.4, -0.2) is 37.2 Å². The lowest BCUT2D eigenvalue weighted by Crippen LogP contribution is -2.30. The molecule has 0 aromatic heterocycles. The molecule has 0 heterocycles. The van der Waals surface area contributed by atoms with Gasteiger partial charge < -0.3 is 14.2 Å². The molecule has 0 N–H and O–H groups in total. The number of unbranched alkanes of at least 4 members (excludes halogenated alkanes) is 25. The van der Waals surface area contributed by atoms with Crippen LogP contribution in [0.15, 0.2) is 122 Å². The number of carbonyl (C=O) groups excluding carboxylic acids is 3. The lowest BCUT2D eigenvalue weighted by molar-refractivity contribution is -0.167. The summed E-state index contributed by atoms with van der Waals surface area (Å²) in [7, 11) is 0. The Balaban J connectivity index is 4.39. The minimum absolute atomic E-state index is 0.0901. The summed E-state index contributed by atoms with van der Waals surface area (Å²) in [5, 5.41) is 0. The molecule has 0 aliphatic heterocycles. The van der Waals surface area contributed by atoms with E-state index < -0.39 is 6.10 Å². The zero-order chi connectivity index (χ0) is 55.0. The molecule has 76 heavy (non-hydrogen) atoms. The van der Waals surface area contributed by atoms with Gasteiger partial charge in [0.05, 0.1) is 0 Å². The second-order valence-electron chi connectivity index (χ2n) is 20.6. The van der Waals surface area contributed by atoms with E-state index in [0.29, 0.717) is 19.3 Å². The smallest absolute Gasteiger partial charge is 0.306 e. The number of ether oxygens (including phenoxy) is 3. The van der Waals surface area contributed by atoms with Gasteiger partial charge in [0.25, 0.3) is 0 Å². The molecule has 432 valence electrons. The highest BCUT2D eigenvalue weighted by Gasteiger charge is 2.19. The second-order valence-corrected chi connectivity index (χ2v) is 20.6. The molecule has 1 unspecified atom stereocenters. The molecule has 0 saturated carbocycles. The molecule has 0 aromatic carbocycles. The van der Waals surface area contributed by atoms with Gasteiger partial charge >= 0.3 is 17.9 Å². The quantitative estimate of drug-likeness (QED) is 0.0261. The van der Waals surface area contributed by atoms with E-state index >= 15 is 0 Å². The molecule has 6 nitrogen and oxygen atoms in total. The topological polar surface area (TPSA) is 78.9 Å². The van der Waals surface area contributed by atoms with Crippen LogP contribution in [0, 0.1) is 0 Å². The third-order valence-electron chi connectivity index (χ3n) is 13.2. The van der Waals surface area contributed by atoms with E-state index in [0.717, 1.165) is 148 Å². The summed E-state index contributed by atoms with van der Waals surface area (Å²) in [5.41, 5.74) is 0. The normalized spacial score (nSPS) is 12.9. The minimum atomic E-state index is -0.796. The van der Waals surface area contributed by atoms with Crippen molar-refractivity contribution in [2.24, 2.45) is 0 Å². The van der Waals surface area contributed by atoms with Crippen molar-refractivity contribution in [1.82, 2.24) is 0 Å². The third kappa shape index (κ3) is 60.7. The Morgan fingerprint density at radius 3 is 0.829 bits per heavy atom. The second kappa shape index (κ2) is 63.3. The first-order chi connectivity index (χ1) is 37.5. The monoisotopic (exact) mass is 1050 g/mol. The van der Waals surface area contributed by atoms with E-state index in [1.165, 1.54) is 96.3 Å². The average Bonchev–Trinajstić information content (AvgIpc) is 3.42. The number of hydrogen-bond acceptors (Lipinski definition) is 6. The van der Waals surface area contributed by atoms with Gasteiger partial charge in [-0.2, -0.15) is 0 Å². The van der Waals surface area contributed by atoms with Crippen LogP contribution in [0.2, 0.25) is 0 Å². The lowest BCUT2D eigenvalue weighted by Gasteiger charge is -2.18. The van der Waals surface area contributed by atoms with E-state index in [-0.39, 0.29) is 31.1 Å². The fourth-order valence-corrected chi connectivity index (χ4v) is 8.49. The molecule has 0 bridgehead atoms. The summed E-state index contributed by atoms with van der Waals surface area (Å²) in [6.45, 7) is 6.48. The molecule has 0 saturated heterocycles. The van der Waals surface area contributed by atoms with Crippen LogP contribution in [0.25, 0.3) is 0 Å². The summed E-state index contributed by atoms with van der Waals surface area (Å²) in [4.78, 5) is 38.3. The van der Waals surface area contributed by atoms with Crippen LogP contribution in [0.5, 0.6) is 0 Å². The number of hydrogen-bond donors (Lipinski definition) is 0. The summed E-state index contributed by atoms with van der Waals surface area (Å²) >= 11 is 0. The Kier molecular flexibility index (Phi) is 59.9. The van der Waals surface area contributed by atoms with Gasteiger partial charge in [-0.1, -0.05) is 271 Å². The molecular formula is C70H116O6. The standard InChI is InChI=1S/C70H116O6/c1-4-7-10-13-16-19-22-25-27-29-31-32-33-34-35-36-37-38-40-41-43-45-48-51-54-57-60-63-69(72)75-66-67(65-74-68(71)62-59-56-53-50-47-24-21-18-15-12-9-6-3)76-70(73)64-61-58-55-52-49-46-44-42-39-30-28-26-23-20-17-14-11-8-5-2/h7,10,16-17,19-20,25-28,31-32,34-35,37-39,41-43,67H,4-6,8-9,11-15,18,21-24,29-30,33,36,40,44-66H2,1-3H3/b10-7-,19-16-,20-17-,27-25-,28-26-,32-31-,35-34-,38-37-,42-39-,43-41-. The first-order valence-corrected chi connectivity index (χ1v) is 31.5. The highest BCUT2D eigenvalue weighted by molar-refractivity contribution is 5.71. The molecule has 0 amide bonds. The fourth-order valence-electron chi connectivity index (χ4n) is 8.49. The molecule has 0 aliphatic carbocycles. The average molecular weight is 1050 g/mol. The van der Waals surface area contributed by atoms with Crippen molar-refractivity contribution in [3.8, 4) is 0 Å². The Labute approximate surface area is 469 Å². The van der Waals surface area contributed by atoms with Gasteiger partial charge in [0, 0.05) is 19.3 Å². The van der Waals surface area contributed by atoms with E-state index in [4.69, 9.17) is 14.2 Å². The first-order valence-electron chi connectivity index (χ1n) is 31.5. The van der Waals surface area contributed by atoms with Crippen LogP contribution in [0.3, 0.4) is 0 Å². The maximum Gasteiger partial charge on any atom is 0.306 e. The Morgan fingerprint density at radius 2 is 0.513 bits per heavy atom. The van der Waals surface area contributed by atoms with Crippen LogP contribution >= 0.6 is 0 Å². The van der Waals surface area contributed by atoms with Crippen LogP contribution in [0.4, 0.5) is 0 Å².